The Kier molecular flexibility index (Phi) is 7.87. The van der Waals surface area contributed by atoms with E-state index in [-0.39, 0.29) is 18.6 Å². The Morgan fingerprint density at radius 1 is 1.03 bits per heavy atom. The molecule has 0 aromatic heterocycles. The number of alkyl carbamates (subject to hydrolysis) is 1. The molecule has 1 atom stereocenters. The molecule has 1 N–H and O–H groups in total. The number of carbonyl (C=O) groups is 3. The van der Waals surface area contributed by atoms with E-state index >= 15 is 0 Å². The van der Waals surface area contributed by atoms with Gasteiger partial charge in [-0.2, -0.15) is 0 Å². The molecule has 160 valence electrons. The smallest absolute Gasteiger partial charge is 0.410 e. The molecule has 1 aromatic rings. The van der Waals surface area contributed by atoms with E-state index in [9.17, 15) is 14.4 Å². The molecular formula is C21H31N3O5. The van der Waals surface area contributed by atoms with Crippen molar-refractivity contribution in [3.8, 4) is 0 Å². The number of nitrogens with zero attached hydrogens (tertiary/aromatic N) is 2. The summed E-state index contributed by atoms with van der Waals surface area (Å²) in [6, 6.07) is 8.83. The second-order valence-electron chi connectivity index (χ2n) is 7.96. The first kappa shape index (κ1) is 22.5. The second-order valence-corrected chi connectivity index (χ2v) is 7.96. The summed E-state index contributed by atoms with van der Waals surface area (Å²) < 4.78 is 10.6. The van der Waals surface area contributed by atoms with Crippen LogP contribution in [0.5, 0.6) is 0 Å². The number of nitrogens with one attached hydrogen (secondary N) is 1. The van der Waals surface area contributed by atoms with Crippen LogP contribution in [0.2, 0.25) is 0 Å². The highest BCUT2D eigenvalue weighted by atomic mass is 16.6. The number of piperazine rings is 1. The number of hydrogen-bond donors (Lipinski definition) is 1. The molecule has 1 aliphatic rings. The lowest BCUT2D eigenvalue weighted by Crippen LogP contribution is -2.56. The van der Waals surface area contributed by atoms with Gasteiger partial charge in [-0.05, 0) is 32.8 Å². The zero-order valence-corrected chi connectivity index (χ0v) is 17.6. The van der Waals surface area contributed by atoms with Crippen LogP contribution in [0.3, 0.4) is 0 Å². The first-order chi connectivity index (χ1) is 13.7. The van der Waals surface area contributed by atoms with E-state index in [1.165, 1.54) is 0 Å². The number of rotatable bonds is 5. The molecule has 1 saturated heterocycles. The van der Waals surface area contributed by atoms with Gasteiger partial charge in [-0.15, -0.1) is 0 Å². The third-order valence-corrected chi connectivity index (χ3v) is 4.45. The summed E-state index contributed by atoms with van der Waals surface area (Å²) in [6.07, 6.45) is -0.544. The molecule has 0 bridgehead atoms. The summed E-state index contributed by atoms with van der Waals surface area (Å²) in [5.74, 6) is -0.171. The fourth-order valence-corrected chi connectivity index (χ4v) is 2.93. The minimum Gasteiger partial charge on any atom is -0.445 e. The van der Waals surface area contributed by atoms with Crippen LogP contribution >= 0.6 is 0 Å². The van der Waals surface area contributed by atoms with E-state index in [2.05, 4.69) is 5.32 Å². The molecule has 1 fully saturated rings. The molecule has 0 aliphatic carbocycles. The van der Waals surface area contributed by atoms with Gasteiger partial charge < -0.3 is 24.6 Å². The van der Waals surface area contributed by atoms with Crippen molar-refractivity contribution >= 4 is 18.1 Å². The minimum absolute atomic E-state index is 0.171. The predicted octanol–water partition coefficient (Wildman–Crippen LogP) is 2.77. The van der Waals surface area contributed by atoms with Gasteiger partial charge in [0.05, 0.1) is 0 Å². The largest absolute Gasteiger partial charge is 0.445 e. The molecule has 1 aliphatic heterocycles. The normalized spacial score (nSPS) is 15.4. The Labute approximate surface area is 172 Å². The Morgan fingerprint density at radius 3 is 2.17 bits per heavy atom. The van der Waals surface area contributed by atoms with Gasteiger partial charge in [-0.1, -0.05) is 37.3 Å². The molecule has 1 aromatic carbocycles. The van der Waals surface area contributed by atoms with Crippen LogP contribution in [0.4, 0.5) is 9.59 Å². The topological polar surface area (TPSA) is 88.2 Å². The number of ether oxygens (including phenoxy) is 2. The van der Waals surface area contributed by atoms with Gasteiger partial charge in [0.2, 0.25) is 5.91 Å². The van der Waals surface area contributed by atoms with E-state index in [0.717, 1.165) is 5.56 Å². The molecule has 0 radical (unpaired) electrons. The molecule has 3 amide bonds. The Morgan fingerprint density at radius 2 is 1.62 bits per heavy atom. The minimum atomic E-state index is -0.651. The quantitative estimate of drug-likeness (QED) is 0.814. The van der Waals surface area contributed by atoms with Crippen molar-refractivity contribution in [1.29, 1.82) is 0 Å². The zero-order chi connectivity index (χ0) is 21.4. The summed E-state index contributed by atoms with van der Waals surface area (Å²) in [6.45, 7) is 8.93. The first-order valence-corrected chi connectivity index (χ1v) is 9.93. The van der Waals surface area contributed by atoms with Crippen molar-refractivity contribution in [1.82, 2.24) is 15.1 Å². The van der Waals surface area contributed by atoms with Gasteiger partial charge in [0, 0.05) is 26.2 Å². The summed E-state index contributed by atoms with van der Waals surface area (Å²) >= 11 is 0. The van der Waals surface area contributed by atoms with Crippen molar-refractivity contribution in [2.24, 2.45) is 0 Å². The summed E-state index contributed by atoms with van der Waals surface area (Å²) in [5, 5.41) is 2.64. The molecule has 1 heterocycles. The van der Waals surface area contributed by atoms with E-state index in [4.69, 9.17) is 9.47 Å². The fraction of sp³-hybridized carbons (Fsp3) is 0.571. The predicted molar refractivity (Wildman–Crippen MR) is 108 cm³/mol. The molecule has 8 nitrogen and oxygen atoms in total. The highest BCUT2D eigenvalue weighted by Gasteiger charge is 2.30. The highest BCUT2D eigenvalue weighted by molar-refractivity contribution is 5.86. The SMILES string of the molecule is CC[C@H](NC(=O)OC(C)(C)C)C(=O)N1CCN(C(=O)OCc2ccccc2)CC1. The number of carbonyl (C=O) groups excluding carboxylic acids is 3. The maximum atomic E-state index is 12.7. The molecule has 2 rings (SSSR count). The van der Waals surface area contributed by atoms with E-state index in [1.54, 1.807) is 30.6 Å². The Balaban J connectivity index is 1.79. The van der Waals surface area contributed by atoms with Crippen molar-refractivity contribution < 1.29 is 23.9 Å². The lowest BCUT2D eigenvalue weighted by atomic mass is 10.1. The van der Waals surface area contributed by atoms with Gasteiger partial charge in [0.15, 0.2) is 0 Å². The third kappa shape index (κ3) is 7.29. The maximum Gasteiger partial charge on any atom is 0.410 e. The fourth-order valence-electron chi connectivity index (χ4n) is 2.93. The molecule has 0 saturated carbocycles. The van der Waals surface area contributed by atoms with Crippen molar-refractivity contribution in [3.63, 3.8) is 0 Å². The van der Waals surface area contributed by atoms with Crippen molar-refractivity contribution in [2.45, 2.75) is 52.4 Å². The zero-order valence-electron chi connectivity index (χ0n) is 17.6. The maximum absolute atomic E-state index is 12.7. The monoisotopic (exact) mass is 405 g/mol. The molecule has 8 heteroatoms. The second kappa shape index (κ2) is 10.1. The summed E-state index contributed by atoms with van der Waals surface area (Å²) in [4.78, 5) is 40.2. The van der Waals surface area contributed by atoms with Crippen LogP contribution in [0, 0.1) is 0 Å². The van der Waals surface area contributed by atoms with Crippen LogP contribution < -0.4 is 5.32 Å². The lowest BCUT2D eigenvalue weighted by Gasteiger charge is -2.36. The van der Waals surface area contributed by atoms with Crippen LogP contribution in [-0.2, 0) is 20.9 Å². The summed E-state index contributed by atoms with van der Waals surface area (Å²) in [7, 11) is 0. The van der Waals surface area contributed by atoms with E-state index in [1.807, 2.05) is 37.3 Å². The summed E-state index contributed by atoms with van der Waals surface area (Å²) in [5.41, 5.74) is 0.297. The van der Waals surface area contributed by atoms with Gasteiger partial charge in [-0.25, -0.2) is 9.59 Å². The Hall–Kier alpha value is -2.77. The van der Waals surface area contributed by atoms with Gasteiger partial charge >= 0.3 is 12.2 Å². The lowest BCUT2D eigenvalue weighted by molar-refractivity contribution is -0.135. The molecule has 0 spiro atoms. The van der Waals surface area contributed by atoms with Crippen LogP contribution in [0.15, 0.2) is 30.3 Å². The average molecular weight is 405 g/mol. The third-order valence-electron chi connectivity index (χ3n) is 4.45. The number of amides is 3. The van der Waals surface area contributed by atoms with Crippen molar-refractivity contribution in [3.05, 3.63) is 35.9 Å². The van der Waals surface area contributed by atoms with Crippen LogP contribution in [0.25, 0.3) is 0 Å². The van der Waals surface area contributed by atoms with Gasteiger partial charge in [0.1, 0.15) is 18.2 Å². The number of hydrogen-bond acceptors (Lipinski definition) is 5. The van der Waals surface area contributed by atoms with Crippen LogP contribution in [0.1, 0.15) is 39.7 Å². The average Bonchev–Trinajstić information content (AvgIpc) is 2.69. The van der Waals surface area contributed by atoms with Gasteiger partial charge in [0.25, 0.3) is 0 Å². The number of benzene rings is 1. The Bertz CT molecular complexity index is 694. The van der Waals surface area contributed by atoms with Gasteiger partial charge in [-0.3, -0.25) is 4.79 Å². The molecule has 0 unspecified atom stereocenters. The van der Waals surface area contributed by atoms with E-state index < -0.39 is 17.7 Å². The van der Waals surface area contributed by atoms with E-state index in [0.29, 0.717) is 32.6 Å². The molecular weight excluding hydrogens is 374 g/mol. The van der Waals surface area contributed by atoms with Crippen LogP contribution in [-0.4, -0.2) is 65.7 Å². The van der Waals surface area contributed by atoms with Crippen molar-refractivity contribution in [2.75, 3.05) is 26.2 Å². The standard InChI is InChI=1S/C21H31N3O5/c1-5-17(22-19(26)29-21(2,3)4)18(25)23-11-13-24(14-12-23)20(27)28-15-16-9-7-6-8-10-16/h6-10,17H,5,11-15H2,1-4H3,(H,22,26)/t17-/m0/s1. The highest BCUT2D eigenvalue weighted by Crippen LogP contribution is 2.11. The first-order valence-electron chi connectivity index (χ1n) is 9.93. The molecule has 29 heavy (non-hydrogen) atoms.